The molecule has 0 atom stereocenters. The van der Waals surface area contributed by atoms with Gasteiger partial charge < -0.3 is 18.9 Å². The molecule has 9 heteroatoms. The van der Waals surface area contributed by atoms with Gasteiger partial charge in [-0.25, -0.2) is 4.79 Å². The van der Waals surface area contributed by atoms with Crippen molar-refractivity contribution >= 4 is 17.4 Å². The first kappa shape index (κ1) is 17.2. The molecule has 0 saturated carbocycles. The number of carbonyl (C=O) groups is 2. The van der Waals surface area contributed by atoms with E-state index in [9.17, 15) is 19.7 Å². The van der Waals surface area contributed by atoms with Gasteiger partial charge >= 0.3 is 11.7 Å². The first-order valence-corrected chi connectivity index (χ1v) is 7.42. The molecule has 26 heavy (non-hydrogen) atoms. The van der Waals surface area contributed by atoms with Gasteiger partial charge in [-0.05, 0) is 30.3 Å². The SMILES string of the molecule is COc1ccc(C(=O)OCC(=O)c2ccc3c(c2)OCO3)cc1[N+](=O)[O-]. The Morgan fingerprint density at radius 3 is 2.58 bits per heavy atom. The summed E-state index contributed by atoms with van der Waals surface area (Å²) in [5.74, 6) is -0.315. The zero-order valence-electron chi connectivity index (χ0n) is 13.6. The number of hydrogen-bond acceptors (Lipinski definition) is 8. The lowest BCUT2D eigenvalue weighted by molar-refractivity contribution is -0.385. The number of Topliss-reactive ketones (excluding diaryl/α,β-unsaturated/α-hetero) is 1. The van der Waals surface area contributed by atoms with Crippen LogP contribution in [0, 0.1) is 10.1 Å². The van der Waals surface area contributed by atoms with Crippen LogP contribution in [0.5, 0.6) is 17.2 Å². The van der Waals surface area contributed by atoms with Gasteiger partial charge in [0.15, 0.2) is 29.6 Å². The van der Waals surface area contributed by atoms with E-state index >= 15 is 0 Å². The zero-order chi connectivity index (χ0) is 18.7. The molecule has 0 bridgehead atoms. The van der Waals surface area contributed by atoms with Crippen LogP contribution in [-0.4, -0.2) is 37.2 Å². The third kappa shape index (κ3) is 3.41. The number of nitro benzene ring substituents is 1. The van der Waals surface area contributed by atoms with Crippen molar-refractivity contribution in [2.24, 2.45) is 0 Å². The van der Waals surface area contributed by atoms with E-state index in [1.165, 1.54) is 31.4 Å². The number of carbonyl (C=O) groups excluding carboxylic acids is 2. The normalized spacial score (nSPS) is 11.7. The smallest absolute Gasteiger partial charge is 0.338 e. The fourth-order valence-electron chi connectivity index (χ4n) is 2.33. The summed E-state index contributed by atoms with van der Waals surface area (Å²) in [6, 6.07) is 8.25. The van der Waals surface area contributed by atoms with Crippen molar-refractivity contribution in [1.82, 2.24) is 0 Å². The molecule has 3 rings (SSSR count). The van der Waals surface area contributed by atoms with E-state index in [2.05, 4.69) is 0 Å². The van der Waals surface area contributed by atoms with Crippen LogP contribution in [0.4, 0.5) is 5.69 Å². The van der Waals surface area contributed by atoms with Crippen LogP contribution in [0.2, 0.25) is 0 Å². The van der Waals surface area contributed by atoms with Crippen LogP contribution < -0.4 is 14.2 Å². The molecular formula is C17H13NO8. The highest BCUT2D eigenvalue weighted by Crippen LogP contribution is 2.32. The van der Waals surface area contributed by atoms with Crippen LogP contribution >= 0.6 is 0 Å². The second kappa shape index (κ2) is 7.09. The Bertz CT molecular complexity index is 892. The summed E-state index contributed by atoms with van der Waals surface area (Å²) in [7, 11) is 1.28. The third-order valence-corrected chi connectivity index (χ3v) is 3.64. The van der Waals surface area contributed by atoms with Crippen LogP contribution in [0.3, 0.4) is 0 Å². The summed E-state index contributed by atoms with van der Waals surface area (Å²) >= 11 is 0. The summed E-state index contributed by atoms with van der Waals surface area (Å²) in [5, 5.41) is 11.0. The largest absolute Gasteiger partial charge is 0.490 e. The number of nitrogens with zero attached hydrogens (tertiary/aromatic N) is 1. The molecule has 1 heterocycles. The standard InChI is InChI=1S/C17H13NO8/c1-23-14-4-3-11(6-12(14)18(21)22)17(20)24-8-13(19)10-2-5-15-16(7-10)26-9-25-15/h2-7H,8-9H2,1H3. The van der Waals surface area contributed by atoms with Gasteiger partial charge in [-0.15, -0.1) is 0 Å². The highest BCUT2D eigenvalue weighted by Gasteiger charge is 2.21. The van der Waals surface area contributed by atoms with Crippen molar-refractivity contribution < 1.29 is 33.5 Å². The highest BCUT2D eigenvalue weighted by atomic mass is 16.7. The molecule has 0 radical (unpaired) electrons. The summed E-state index contributed by atoms with van der Waals surface area (Å²) in [6.07, 6.45) is 0. The fraction of sp³-hybridized carbons (Fsp3) is 0.176. The van der Waals surface area contributed by atoms with Crippen molar-refractivity contribution in [3.8, 4) is 17.2 Å². The third-order valence-electron chi connectivity index (χ3n) is 3.64. The second-order valence-corrected chi connectivity index (χ2v) is 5.21. The quantitative estimate of drug-likeness (QED) is 0.334. The Balaban J connectivity index is 1.68. The lowest BCUT2D eigenvalue weighted by atomic mass is 10.1. The number of fused-ring (bicyclic) bond motifs is 1. The average Bonchev–Trinajstić information content (AvgIpc) is 3.12. The zero-order valence-corrected chi connectivity index (χ0v) is 13.6. The number of methoxy groups -OCH3 is 1. The minimum absolute atomic E-state index is 0.0167. The topological polar surface area (TPSA) is 114 Å². The molecule has 134 valence electrons. The minimum atomic E-state index is -0.857. The van der Waals surface area contributed by atoms with Crippen molar-refractivity contribution in [2.75, 3.05) is 20.5 Å². The lowest BCUT2D eigenvalue weighted by Gasteiger charge is -2.06. The molecule has 0 saturated heterocycles. The Labute approximate surface area is 147 Å². The van der Waals surface area contributed by atoms with Crippen LogP contribution in [0.15, 0.2) is 36.4 Å². The van der Waals surface area contributed by atoms with Gasteiger partial charge in [-0.3, -0.25) is 14.9 Å². The van der Waals surface area contributed by atoms with Crippen molar-refractivity contribution in [1.29, 1.82) is 0 Å². The molecule has 0 unspecified atom stereocenters. The van der Waals surface area contributed by atoms with Gasteiger partial charge in [0, 0.05) is 11.6 Å². The van der Waals surface area contributed by atoms with Crippen LogP contribution in [-0.2, 0) is 4.74 Å². The maximum Gasteiger partial charge on any atom is 0.338 e. The number of esters is 1. The summed E-state index contributed by atoms with van der Waals surface area (Å²) < 4.78 is 20.2. The molecule has 0 aromatic heterocycles. The molecule has 2 aromatic rings. The van der Waals surface area contributed by atoms with E-state index in [0.29, 0.717) is 17.1 Å². The molecule has 1 aliphatic rings. The molecule has 0 aliphatic carbocycles. The fourth-order valence-corrected chi connectivity index (χ4v) is 2.33. The Morgan fingerprint density at radius 2 is 1.85 bits per heavy atom. The maximum absolute atomic E-state index is 12.2. The predicted octanol–water partition coefficient (Wildman–Crippen LogP) is 2.37. The van der Waals surface area contributed by atoms with E-state index in [-0.39, 0.29) is 23.8 Å². The van der Waals surface area contributed by atoms with Crippen molar-refractivity contribution in [3.05, 3.63) is 57.6 Å². The molecule has 2 aromatic carbocycles. The lowest BCUT2D eigenvalue weighted by Crippen LogP contribution is -2.14. The predicted molar refractivity (Wildman–Crippen MR) is 86.8 cm³/mol. The van der Waals surface area contributed by atoms with E-state index < -0.39 is 23.3 Å². The monoisotopic (exact) mass is 359 g/mol. The molecule has 1 aliphatic heterocycles. The molecule has 0 fully saturated rings. The van der Waals surface area contributed by atoms with Gasteiger partial charge in [0.25, 0.3) is 0 Å². The Kier molecular flexibility index (Phi) is 4.70. The van der Waals surface area contributed by atoms with E-state index in [4.69, 9.17) is 18.9 Å². The molecule has 9 nitrogen and oxygen atoms in total. The first-order chi connectivity index (χ1) is 12.5. The highest BCUT2D eigenvalue weighted by molar-refractivity contribution is 6.00. The maximum atomic E-state index is 12.2. The molecule has 0 spiro atoms. The van der Waals surface area contributed by atoms with E-state index in [1.54, 1.807) is 6.07 Å². The number of ketones is 1. The van der Waals surface area contributed by atoms with Gasteiger partial charge in [-0.2, -0.15) is 0 Å². The van der Waals surface area contributed by atoms with Gasteiger partial charge in [-0.1, -0.05) is 0 Å². The number of rotatable bonds is 6. The molecule has 0 amide bonds. The van der Waals surface area contributed by atoms with Crippen molar-refractivity contribution in [3.63, 3.8) is 0 Å². The molecule has 0 N–H and O–H groups in total. The van der Waals surface area contributed by atoms with Crippen LogP contribution in [0.25, 0.3) is 0 Å². The average molecular weight is 359 g/mol. The number of benzene rings is 2. The number of hydrogen-bond donors (Lipinski definition) is 0. The van der Waals surface area contributed by atoms with Crippen molar-refractivity contribution in [2.45, 2.75) is 0 Å². The number of nitro groups is 1. The van der Waals surface area contributed by atoms with E-state index in [0.717, 1.165) is 6.07 Å². The van der Waals surface area contributed by atoms with E-state index in [1.807, 2.05) is 0 Å². The number of ether oxygens (including phenoxy) is 4. The summed E-state index contributed by atoms with van der Waals surface area (Å²) in [4.78, 5) is 34.5. The summed E-state index contributed by atoms with van der Waals surface area (Å²) in [5.41, 5.74) is -0.136. The second-order valence-electron chi connectivity index (χ2n) is 5.21. The minimum Gasteiger partial charge on any atom is -0.490 e. The van der Waals surface area contributed by atoms with Gasteiger partial charge in [0.2, 0.25) is 6.79 Å². The Hall–Kier alpha value is -3.62. The summed E-state index contributed by atoms with van der Waals surface area (Å²) in [6.45, 7) is -0.434. The van der Waals surface area contributed by atoms with Crippen LogP contribution in [0.1, 0.15) is 20.7 Å². The Morgan fingerprint density at radius 1 is 1.12 bits per heavy atom. The molecular weight excluding hydrogens is 346 g/mol. The van der Waals surface area contributed by atoms with Gasteiger partial charge in [0.05, 0.1) is 17.6 Å². The first-order valence-electron chi connectivity index (χ1n) is 7.42. The van der Waals surface area contributed by atoms with Gasteiger partial charge in [0.1, 0.15) is 0 Å².